The van der Waals surface area contributed by atoms with Crippen LogP contribution in [0.4, 0.5) is 5.82 Å². The highest BCUT2D eigenvalue weighted by molar-refractivity contribution is 5.77. The molecule has 6 rings (SSSR count). The van der Waals surface area contributed by atoms with Crippen LogP contribution in [0.1, 0.15) is 49.0 Å². The van der Waals surface area contributed by atoms with Crippen LogP contribution in [0, 0.1) is 0 Å². The molecule has 1 saturated heterocycles. The topological polar surface area (TPSA) is 83.5 Å². The molecule has 0 radical (unpaired) electrons. The molecule has 4 aromatic rings. The standard InChI is InChI=1S/C23H23N7/c1-2-11-24-17(5-1)16-4-3-13-30(14-16)20-9-8-18-23(28-20)29-22(27-18)19-10-12-25-21(26-19)15-6-7-15/h1-2,5,8-12,15-16H,3-4,6-7,13-14H2,(H,27,28,29). The summed E-state index contributed by atoms with van der Waals surface area (Å²) in [5.74, 6) is 3.61. The molecular weight excluding hydrogens is 374 g/mol. The molecule has 1 atom stereocenters. The third-order valence-electron chi connectivity index (χ3n) is 6.04. The second-order valence-corrected chi connectivity index (χ2v) is 8.24. The third kappa shape index (κ3) is 3.30. The molecule has 2 aliphatic rings. The van der Waals surface area contributed by atoms with Gasteiger partial charge in [-0.15, -0.1) is 0 Å². The molecule has 30 heavy (non-hydrogen) atoms. The molecule has 150 valence electrons. The van der Waals surface area contributed by atoms with Crippen LogP contribution >= 0.6 is 0 Å². The Morgan fingerprint density at radius 2 is 1.83 bits per heavy atom. The molecule has 1 aliphatic carbocycles. The largest absolute Gasteiger partial charge is 0.356 e. The number of hydrogen-bond acceptors (Lipinski definition) is 6. The highest BCUT2D eigenvalue weighted by Gasteiger charge is 2.27. The van der Waals surface area contributed by atoms with Crippen molar-refractivity contribution < 1.29 is 0 Å². The van der Waals surface area contributed by atoms with Gasteiger partial charge in [-0.1, -0.05) is 6.07 Å². The molecule has 4 aromatic heterocycles. The highest BCUT2D eigenvalue weighted by Crippen LogP contribution is 2.38. The lowest BCUT2D eigenvalue weighted by Gasteiger charge is -2.33. The molecule has 1 N–H and O–H groups in total. The van der Waals surface area contributed by atoms with E-state index in [4.69, 9.17) is 15.0 Å². The van der Waals surface area contributed by atoms with Gasteiger partial charge in [0.25, 0.3) is 0 Å². The molecule has 2 fully saturated rings. The van der Waals surface area contributed by atoms with E-state index in [1.54, 1.807) is 0 Å². The van der Waals surface area contributed by atoms with E-state index in [-0.39, 0.29) is 0 Å². The van der Waals surface area contributed by atoms with E-state index >= 15 is 0 Å². The number of aromatic nitrogens is 6. The zero-order valence-electron chi connectivity index (χ0n) is 16.7. The Hall–Kier alpha value is -3.35. The molecule has 1 unspecified atom stereocenters. The third-order valence-corrected chi connectivity index (χ3v) is 6.04. The second-order valence-electron chi connectivity index (χ2n) is 8.24. The fourth-order valence-corrected chi connectivity index (χ4v) is 4.27. The van der Waals surface area contributed by atoms with E-state index in [1.165, 1.54) is 25.0 Å². The first-order valence-electron chi connectivity index (χ1n) is 10.7. The van der Waals surface area contributed by atoms with Crippen molar-refractivity contribution in [2.45, 2.75) is 37.5 Å². The van der Waals surface area contributed by atoms with Crippen molar-refractivity contribution in [3.8, 4) is 11.5 Å². The summed E-state index contributed by atoms with van der Waals surface area (Å²) in [5.41, 5.74) is 3.66. The van der Waals surface area contributed by atoms with Crippen LogP contribution in [0.25, 0.3) is 22.7 Å². The minimum Gasteiger partial charge on any atom is -0.356 e. The lowest BCUT2D eigenvalue weighted by atomic mass is 9.94. The summed E-state index contributed by atoms with van der Waals surface area (Å²) in [4.78, 5) is 29.0. The number of imidazole rings is 1. The Bertz CT molecular complexity index is 1180. The number of aromatic amines is 1. The zero-order chi connectivity index (χ0) is 19.9. The average Bonchev–Trinajstić information content (AvgIpc) is 3.58. The van der Waals surface area contributed by atoms with Gasteiger partial charge < -0.3 is 9.88 Å². The number of nitrogens with zero attached hydrogens (tertiary/aromatic N) is 6. The molecule has 0 spiro atoms. The number of pyridine rings is 2. The van der Waals surface area contributed by atoms with Crippen LogP contribution in [0.3, 0.4) is 0 Å². The molecule has 0 amide bonds. The molecule has 0 aromatic carbocycles. The van der Waals surface area contributed by atoms with Gasteiger partial charge in [0.05, 0.1) is 5.52 Å². The van der Waals surface area contributed by atoms with Gasteiger partial charge in [0.15, 0.2) is 11.5 Å². The Morgan fingerprint density at radius 3 is 2.70 bits per heavy atom. The van der Waals surface area contributed by atoms with Gasteiger partial charge in [-0.25, -0.2) is 19.9 Å². The Balaban J connectivity index is 1.28. The van der Waals surface area contributed by atoms with Crippen LogP contribution in [-0.2, 0) is 0 Å². The Morgan fingerprint density at radius 1 is 0.867 bits per heavy atom. The second kappa shape index (κ2) is 7.16. The van der Waals surface area contributed by atoms with Gasteiger partial charge in [0.1, 0.15) is 17.3 Å². The summed E-state index contributed by atoms with van der Waals surface area (Å²) < 4.78 is 0. The maximum absolute atomic E-state index is 4.86. The van der Waals surface area contributed by atoms with Gasteiger partial charge >= 0.3 is 0 Å². The van der Waals surface area contributed by atoms with Crippen LogP contribution < -0.4 is 4.90 Å². The van der Waals surface area contributed by atoms with Crippen LogP contribution in [0.2, 0.25) is 0 Å². The highest BCUT2D eigenvalue weighted by atomic mass is 15.2. The number of fused-ring (bicyclic) bond motifs is 1. The fraction of sp³-hybridized carbons (Fsp3) is 0.348. The predicted octanol–water partition coefficient (Wildman–Crippen LogP) is 4.07. The molecule has 7 nitrogen and oxygen atoms in total. The predicted molar refractivity (Wildman–Crippen MR) is 115 cm³/mol. The van der Waals surface area contributed by atoms with E-state index in [1.807, 2.05) is 24.5 Å². The van der Waals surface area contributed by atoms with Crippen molar-refractivity contribution >= 4 is 17.0 Å². The quantitative estimate of drug-likeness (QED) is 0.559. The van der Waals surface area contributed by atoms with Crippen molar-refractivity contribution in [3.05, 3.63) is 60.3 Å². The number of H-pyrrole nitrogens is 1. The number of piperidine rings is 1. The maximum Gasteiger partial charge on any atom is 0.180 e. The maximum atomic E-state index is 4.86. The fourth-order valence-electron chi connectivity index (χ4n) is 4.27. The average molecular weight is 397 g/mol. The number of nitrogens with one attached hydrogen (secondary N) is 1. The smallest absolute Gasteiger partial charge is 0.180 e. The van der Waals surface area contributed by atoms with Gasteiger partial charge in [0.2, 0.25) is 0 Å². The first kappa shape index (κ1) is 17.5. The van der Waals surface area contributed by atoms with Crippen molar-refractivity contribution in [1.82, 2.24) is 29.9 Å². The normalized spacial score (nSPS) is 19.3. The summed E-state index contributed by atoms with van der Waals surface area (Å²) in [5, 5.41) is 0. The molecule has 0 bridgehead atoms. The van der Waals surface area contributed by atoms with Crippen LogP contribution in [-0.4, -0.2) is 43.0 Å². The van der Waals surface area contributed by atoms with Gasteiger partial charge in [0, 0.05) is 43.0 Å². The van der Waals surface area contributed by atoms with E-state index in [9.17, 15) is 0 Å². The van der Waals surface area contributed by atoms with Crippen molar-refractivity contribution in [1.29, 1.82) is 0 Å². The van der Waals surface area contributed by atoms with Crippen molar-refractivity contribution in [2.24, 2.45) is 0 Å². The summed E-state index contributed by atoms with van der Waals surface area (Å²) in [6.45, 7) is 1.94. The lowest BCUT2D eigenvalue weighted by molar-refractivity contribution is 0.499. The SMILES string of the molecule is c1ccc(C2CCCN(c3ccc4[nH]c(-c5ccnc(C6CC6)n5)nc4n3)C2)nc1. The van der Waals surface area contributed by atoms with Crippen LogP contribution in [0.15, 0.2) is 48.8 Å². The van der Waals surface area contributed by atoms with E-state index in [2.05, 4.69) is 44.1 Å². The van der Waals surface area contributed by atoms with Gasteiger partial charge in [-0.3, -0.25) is 4.98 Å². The number of rotatable bonds is 4. The minimum atomic E-state index is 0.439. The monoisotopic (exact) mass is 397 g/mol. The molecule has 1 aliphatic heterocycles. The molecular formula is C23H23N7. The molecule has 7 heteroatoms. The van der Waals surface area contributed by atoms with Gasteiger partial charge in [-0.05, 0) is 56.0 Å². The summed E-state index contributed by atoms with van der Waals surface area (Å²) in [7, 11) is 0. The van der Waals surface area contributed by atoms with E-state index in [0.717, 1.165) is 53.8 Å². The summed E-state index contributed by atoms with van der Waals surface area (Å²) in [6, 6.07) is 12.2. The van der Waals surface area contributed by atoms with Crippen molar-refractivity contribution in [3.63, 3.8) is 0 Å². The number of anilines is 1. The van der Waals surface area contributed by atoms with Gasteiger partial charge in [-0.2, -0.15) is 0 Å². The van der Waals surface area contributed by atoms with Crippen molar-refractivity contribution in [2.75, 3.05) is 18.0 Å². The summed E-state index contributed by atoms with van der Waals surface area (Å²) >= 11 is 0. The van der Waals surface area contributed by atoms with E-state index in [0.29, 0.717) is 11.8 Å². The molecule has 1 saturated carbocycles. The Kier molecular flexibility index (Phi) is 4.18. The minimum absolute atomic E-state index is 0.439. The lowest BCUT2D eigenvalue weighted by Crippen LogP contribution is -2.35. The number of hydrogen-bond donors (Lipinski definition) is 1. The van der Waals surface area contributed by atoms with Crippen LogP contribution in [0.5, 0.6) is 0 Å². The first-order valence-corrected chi connectivity index (χ1v) is 10.7. The Labute approximate surface area is 174 Å². The van der Waals surface area contributed by atoms with E-state index < -0.39 is 0 Å². The summed E-state index contributed by atoms with van der Waals surface area (Å²) in [6.07, 6.45) is 8.38. The molecule has 5 heterocycles. The first-order chi connectivity index (χ1) is 14.8. The zero-order valence-corrected chi connectivity index (χ0v) is 16.7.